The maximum Gasteiger partial charge on any atom is 0.343 e. The van der Waals surface area contributed by atoms with Crippen LogP contribution in [0.15, 0.2) is 42.2 Å². The van der Waals surface area contributed by atoms with Crippen molar-refractivity contribution in [1.29, 1.82) is 0 Å². The van der Waals surface area contributed by atoms with Gasteiger partial charge in [0.1, 0.15) is 5.57 Å². The van der Waals surface area contributed by atoms with Crippen molar-refractivity contribution in [3.8, 4) is 11.1 Å². The number of anilines is 1. The van der Waals surface area contributed by atoms with Gasteiger partial charge in [0.25, 0.3) is 0 Å². The lowest BCUT2D eigenvalue weighted by Crippen LogP contribution is -2.40. The quantitative estimate of drug-likeness (QED) is 0.397. The molecule has 6 heteroatoms. The molecule has 0 amide bonds. The number of nitrogen functional groups attached to an aromatic ring is 1. The minimum atomic E-state index is -0.858. The highest BCUT2D eigenvalue weighted by Gasteiger charge is 2.53. The number of benzene rings is 2. The fraction of sp³-hybridized carbons (Fsp3) is 0.400. The predicted octanol–water partition coefficient (Wildman–Crippen LogP) is 6.48. The number of carbonyl (C=O) groups is 1. The van der Waals surface area contributed by atoms with Crippen LogP contribution in [0.2, 0.25) is 5.02 Å². The third-order valence-electron chi connectivity index (χ3n) is 7.27. The first kappa shape index (κ1) is 22.0. The zero-order chi connectivity index (χ0) is 21.0. The van der Waals surface area contributed by atoms with Crippen molar-refractivity contribution in [3.63, 3.8) is 0 Å². The Balaban J connectivity index is 0.00000231. The number of aliphatic hydroxyl groups excluding tert-OH is 1. The van der Waals surface area contributed by atoms with E-state index in [0.29, 0.717) is 34.5 Å². The van der Waals surface area contributed by atoms with Crippen LogP contribution in [0.1, 0.15) is 49.7 Å². The van der Waals surface area contributed by atoms with Gasteiger partial charge in [-0.1, -0.05) is 43.0 Å². The van der Waals surface area contributed by atoms with Gasteiger partial charge in [-0.15, -0.1) is 12.4 Å². The number of ether oxygens (including phenoxy) is 1. The summed E-state index contributed by atoms with van der Waals surface area (Å²) in [4.78, 5) is 12.9. The maximum absolute atomic E-state index is 12.9. The summed E-state index contributed by atoms with van der Waals surface area (Å²) in [5.41, 5.74) is 9.26. The molecule has 1 heterocycles. The molecule has 2 aromatic carbocycles. The van der Waals surface area contributed by atoms with Crippen LogP contribution < -0.4 is 5.73 Å². The van der Waals surface area contributed by atoms with Crippen LogP contribution in [0, 0.1) is 18.8 Å². The van der Waals surface area contributed by atoms with Crippen LogP contribution in [0.5, 0.6) is 0 Å². The Morgan fingerprint density at radius 1 is 1.13 bits per heavy atom. The number of rotatable bonds is 2. The van der Waals surface area contributed by atoms with Crippen molar-refractivity contribution in [2.45, 2.75) is 51.0 Å². The molecule has 5 rings (SSSR count). The monoisotopic (exact) mass is 459 g/mol. The summed E-state index contributed by atoms with van der Waals surface area (Å²) in [6.45, 7) is 1.92. The number of hydrogen-bond acceptors (Lipinski definition) is 4. The molecule has 0 bridgehead atoms. The fourth-order valence-corrected chi connectivity index (χ4v) is 6.00. The molecule has 3 atom stereocenters. The number of aryl methyl sites for hydroxylation is 1. The molecule has 1 spiro atoms. The minimum Gasteiger partial charge on any atom is -0.507 e. The zero-order valence-electron chi connectivity index (χ0n) is 17.5. The Bertz CT molecular complexity index is 1080. The number of carbonyl (C=O) groups excluding carboxylic acids is 1. The van der Waals surface area contributed by atoms with Crippen molar-refractivity contribution in [2.24, 2.45) is 11.8 Å². The molecule has 0 aromatic heterocycles. The molecule has 2 fully saturated rings. The average Bonchev–Trinajstić information content (AvgIpc) is 3.26. The minimum absolute atomic E-state index is 0. The van der Waals surface area contributed by atoms with Crippen LogP contribution >= 0.6 is 24.0 Å². The highest BCUT2D eigenvalue weighted by molar-refractivity contribution is 6.34. The maximum atomic E-state index is 12.9. The second-order valence-electron chi connectivity index (χ2n) is 9.07. The zero-order valence-corrected chi connectivity index (χ0v) is 19.1. The van der Waals surface area contributed by atoms with E-state index in [0.717, 1.165) is 36.0 Å². The molecule has 3 aliphatic rings. The van der Waals surface area contributed by atoms with Crippen molar-refractivity contribution in [3.05, 3.63) is 58.3 Å². The number of hydrogen-bond donors (Lipinski definition) is 2. The van der Waals surface area contributed by atoms with Gasteiger partial charge in [-0.3, -0.25) is 0 Å². The molecular formula is C25H27Cl2NO3. The summed E-state index contributed by atoms with van der Waals surface area (Å²) >= 11 is 6.62. The lowest BCUT2D eigenvalue weighted by molar-refractivity contribution is -0.152. The first-order valence-electron chi connectivity index (χ1n) is 10.7. The van der Waals surface area contributed by atoms with Crippen LogP contribution in [-0.4, -0.2) is 16.7 Å². The molecule has 3 N–H and O–H groups in total. The molecule has 4 nitrogen and oxygen atoms in total. The van der Waals surface area contributed by atoms with Crippen LogP contribution in [0.25, 0.3) is 16.7 Å². The summed E-state index contributed by atoms with van der Waals surface area (Å²) in [6.07, 6.45) is 6.08. The standard InChI is InChI=1S/C25H26ClNO3.ClH/c1-14-10-20(16-5-3-7-18(27)11-16)21(26)12-19(14)22-23(28)25(30-24(22)29)9-8-15-4-2-6-17(15)13-25;/h3,5,7,10-12,15,17,28H,2,4,6,8-9,13,27H2,1H3;1H/t15-,17+,25+;/m0./s1. The number of fused-ring (bicyclic) bond motifs is 1. The van der Waals surface area contributed by atoms with Gasteiger partial charge in [0, 0.05) is 16.3 Å². The van der Waals surface area contributed by atoms with Crippen molar-refractivity contribution >= 4 is 41.2 Å². The van der Waals surface area contributed by atoms with Crippen LogP contribution in [0.3, 0.4) is 0 Å². The van der Waals surface area contributed by atoms with E-state index in [1.54, 1.807) is 6.07 Å². The average molecular weight is 460 g/mol. The normalized spacial score (nSPS) is 27.2. The molecule has 164 valence electrons. The van der Waals surface area contributed by atoms with E-state index < -0.39 is 11.6 Å². The summed E-state index contributed by atoms with van der Waals surface area (Å²) in [6, 6.07) is 11.2. The molecule has 31 heavy (non-hydrogen) atoms. The van der Waals surface area contributed by atoms with E-state index in [9.17, 15) is 9.90 Å². The predicted molar refractivity (Wildman–Crippen MR) is 126 cm³/mol. The summed E-state index contributed by atoms with van der Waals surface area (Å²) in [5, 5.41) is 11.7. The number of halogens is 2. The van der Waals surface area contributed by atoms with Gasteiger partial charge >= 0.3 is 5.97 Å². The van der Waals surface area contributed by atoms with Crippen LogP contribution in [-0.2, 0) is 9.53 Å². The highest BCUT2D eigenvalue weighted by Crippen LogP contribution is 2.53. The molecule has 2 saturated carbocycles. The van der Waals surface area contributed by atoms with Crippen molar-refractivity contribution < 1.29 is 14.6 Å². The Kier molecular flexibility index (Phi) is 5.74. The van der Waals surface area contributed by atoms with Gasteiger partial charge in [0.05, 0.1) is 0 Å². The van der Waals surface area contributed by atoms with Gasteiger partial charge in [-0.05, 0) is 79.0 Å². The molecular weight excluding hydrogens is 433 g/mol. The summed E-state index contributed by atoms with van der Waals surface area (Å²) in [7, 11) is 0. The second-order valence-corrected chi connectivity index (χ2v) is 9.48. The van der Waals surface area contributed by atoms with E-state index in [1.807, 2.05) is 37.3 Å². The first-order chi connectivity index (χ1) is 14.4. The van der Waals surface area contributed by atoms with Gasteiger partial charge in [-0.2, -0.15) is 0 Å². The fourth-order valence-electron chi connectivity index (χ4n) is 5.73. The van der Waals surface area contributed by atoms with Gasteiger partial charge < -0.3 is 15.6 Å². The molecule has 0 unspecified atom stereocenters. The smallest absolute Gasteiger partial charge is 0.343 e. The SMILES string of the molecule is Cc1cc(-c2cccc(N)c2)c(Cl)cc1C1=C(O)[C@]2(CC[C@@H]3CCC[C@@H]3C2)OC1=O.Cl. The summed E-state index contributed by atoms with van der Waals surface area (Å²) in [5.74, 6) is 0.886. The summed E-state index contributed by atoms with van der Waals surface area (Å²) < 4.78 is 5.88. The number of aliphatic hydroxyl groups is 1. The molecule has 1 aliphatic heterocycles. The van der Waals surface area contributed by atoms with Gasteiger partial charge in [-0.25, -0.2) is 4.79 Å². The Morgan fingerprint density at radius 2 is 1.90 bits per heavy atom. The molecule has 2 aromatic rings. The third kappa shape index (κ3) is 3.60. The van der Waals surface area contributed by atoms with Gasteiger partial charge in [0.15, 0.2) is 11.4 Å². The molecule has 2 aliphatic carbocycles. The van der Waals surface area contributed by atoms with E-state index in [2.05, 4.69) is 0 Å². The Labute approximate surface area is 193 Å². The lowest BCUT2D eigenvalue weighted by Gasteiger charge is -2.38. The van der Waals surface area contributed by atoms with E-state index >= 15 is 0 Å². The highest BCUT2D eigenvalue weighted by atomic mass is 35.5. The molecule has 0 saturated heterocycles. The van der Waals surface area contributed by atoms with Gasteiger partial charge in [0.2, 0.25) is 0 Å². The Hall–Kier alpha value is -2.17. The van der Waals surface area contributed by atoms with Crippen molar-refractivity contribution in [1.82, 2.24) is 0 Å². The van der Waals surface area contributed by atoms with E-state index in [-0.39, 0.29) is 23.7 Å². The van der Waals surface area contributed by atoms with E-state index in [4.69, 9.17) is 22.1 Å². The first-order valence-corrected chi connectivity index (χ1v) is 11.1. The van der Waals surface area contributed by atoms with Crippen LogP contribution in [0.4, 0.5) is 5.69 Å². The van der Waals surface area contributed by atoms with Crippen molar-refractivity contribution in [2.75, 3.05) is 5.73 Å². The topological polar surface area (TPSA) is 72.6 Å². The number of nitrogens with two attached hydrogens (primary N) is 1. The number of esters is 1. The second kappa shape index (κ2) is 8.07. The Morgan fingerprint density at radius 3 is 2.68 bits per heavy atom. The molecule has 0 radical (unpaired) electrons. The largest absolute Gasteiger partial charge is 0.507 e. The lowest BCUT2D eigenvalue weighted by atomic mass is 9.72. The van der Waals surface area contributed by atoms with E-state index in [1.165, 1.54) is 12.8 Å². The third-order valence-corrected chi connectivity index (χ3v) is 7.58.